The van der Waals surface area contributed by atoms with Crippen molar-refractivity contribution in [2.45, 2.75) is 19.4 Å². The summed E-state index contributed by atoms with van der Waals surface area (Å²) in [4.78, 5) is 11.9. The molecule has 1 fully saturated rings. The van der Waals surface area contributed by atoms with Gasteiger partial charge in [0, 0.05) is 26.2 Å². The van der Waals surface area contributed by atoms with Crippen LogP contribution in [0.2, 0.25) is 0 Å². The molecule has 0 atom stereocenters. The Kier molecular flexibility index (Phi) is 5.63. The summed E-state index contributed by atoms with van der Waals surface area (Å²) >= 11 is 0. The van der Waals surface area contributed by atoms with Crippen LogP contribution in [0.25, 0.3) is 10.8 Å². The largest absolute Gasteiger partial charge is 0.508 e. The Labute approximate surface area is 153 Å². The van der Waals surface area contributed by atoms with E-state index < -0.39 is 16.1 Å². The van der Waals surface area contributed by atoms with Crippen molar-refractivity contribution in [1.82, 2.24) is 14.9 Å². The van der Waals surface area contributed by atoms with Crippen LogP contribution in [-0.4, -0.2) is 49.2 Å². The van der Waals surface area contributed by atoms with E-state index in [1.807, 2.05) is 24.3 Å². The molecule has 2 amide bonds. The molecule has 1 aliphatic rings. The van der Waals surface area contributed by atoms with Crippen molar-refractivity contribution < 1.29 is 18.3 Å². The average molecular weight is 377 g/mol. The van der Waals surface area contributed by atoms with Gasteiger partial charge in [0.15, 0.2) is 0 Å². The van der Waals surface area contributed by atoms with E-state index in [0.29, 0.717) is 19.6 Å². The maximum Gasteiger partial charge on any atom is 0.315 e. The van der Waals surface area contributed by atoms with E-state index in [0.717, 1.165) is 29.2 Å². The van der Waals surface area contributed by atoms with Crippen LogP contribution in [-0.2, 0) is 16.6 Å². The molecule has 0 saturated carbocycles. The van der Waals surface area contributed by atoms with Crippen LogP contribution in [0.15, 0.2) is 36.4 Å². The van der Waals surface area contributed by atoms with E-state index in [9.17, 15) is 18.3 Å². The Morgan fingerprint density at radius 2 is 1.73 bits per heavy atom. The molecule has 140 valence electrons. The lowest BCUT2D eigenvalue weighted by Crippen LogP contribution is -2.40. The van der Waals surface area contributed by atoms with Crippen LogP contribution in [0.1, 0.15) is 18.4 Å². The van der Waals surface area contributed by atoms with Crippen molar-refractivity contribution in [3.63, 3.8) is 0 Å². The third-order valence-corrected chi connectivity index (χ3v) is 6.32. The van der Waals surface area contributed by atoms with Gasteiger partial charge in [0.05, 0.1) is 5.75 Å². The van der Waals surface area contributed by atoms with Crippen molar-refractivity contribution in [3.8, 4) is 5.75 Å². The summed E-state index contributed by atoms with van der Waals surface area (Å²) < 4.78 is 25.6. The minimum absolute atomic E-state index is 0.0834. The Bertz CT molecular complexity index is 892. The van der Waals surface area contributed by atoms with Crippen LogP contribution in [0.5, 0.6) is 5.75 Å². The summed E-state index contributed by atoms with van der Waals surface area (Å²) in [6.07, 6.45) is 1.80. The van der Waals surface area contributed by atoms with E-state index in [-0.39, 0.29) is 18.0 Å². The molecule has 0 unspecified atom stereocenters. The highest BCUT2D eigenvalue weighted by molar-refractivity contribution is 7.89. The standard InChI is InChI=1S/C18H23N3O4S/c22-17-6-5-15-11-14(3-4-16(15)12-17)13-20-18(23)19-7-10-26(24,25)21-8-1-2-9-21/h3-6,11-12,22H,1-2,7-10,13H2,(H2,19,20,23). The molecular formula is C18H23N3O4S. The van der Waals surface area contributed by atoms with E-state index in [1.54, 1.807) is 12.1 Å². The van der Waals surface area contributed by atoms with Gasteiger partial charge >= 0.3 is 6.03 Å². The van der Waals surface area contributed by atoms with Gasteiger partial charge in [0.1, 0.15) is 5.75 Å². The molecule has 0 spiro atoms. The lowest BCUT2D eigenvalue weighted by Gasteiger charge is -2.15. The highest BCUT2D eigenvalue weighted by atomic mass is 32.2. The monoisotopic (exact) mass is 377 g/mol. The number of amides is 2. The summed E-state index contributed by atoms with van der Waals surface area (Å²) in [5.74, 6) is 0.131. The summed E-state index contributed by atoms with van der Waals surface area (Å²) in [5, 5.41) is 16.7. The molecule has 1 aliphatic heterocycles. The van der Waals surface area contributed by atoms with Crippen LogP contribution in [0.3, 0.4) is 0 Å². The third kappa shape index (κ3) is 4.64. The lowest BCUT2D eigenvalue weighted by atomic mass is 10.1. The highest BCUT2D eigenvalue weighted by Crippen LogP contribution is 2.21. The third-order valence-electron chi connectivity index (χ3n) is 4.45. The zero-order valence-electron chi connectivity index (χ0n) is 14.4. The molecule has 26 heavy (non-hydrogen) atoms. The zero-order chi connectivity index (χ0) is 18.6. The van der Waals surface area contributed by atoms with Gasteiger partial charge in [-0.2, -0.15) is 0 Å². The number of nitrogens with one attached hydrogen (secondary N) is 2. The zero-order valence-corrected chi connectivity index (χ0v) is 15.3. The van der Waals surface area contributed by atoms with E-state index >= 15 is 0 Å². The Morgan fingerprint density at radius 1 is 1.04 bits per heavy atom. The second kappa shape index (κ2) is 7.92. The fourth-order valence-electron chi connectivity index (χ4n) is 3.03. The van der Waals surface area contributed by atoms with Gasteiger partial charge in [-0.05, 0) is 47.4 Å². The maximum atomic E-state index is 12.1. The molecule has 0 aromatic heterocycles. The Hall–Kier alpha value is -2.32. The number of urea groups is 1. The minimum atomic E-state index is -3.28. The molecule has 0 bridgehead atoms. The topological polar surface area (TPSA) is 98.7 Å². The number of hydrogen-bond acceptors (Lipinski definition) is 4. The average Bonchev–Trinajstić information content (AvgIpc) is 3.15. The lowest BCUT2D eigenvalue weighted by molar-refractivity contribution is 0.241. The number of hydrogen-bond donors (Lipinski definition) is 3. The van der Waals surface area contributed by atoms with E-state index in [2.05, 4.69) is 10.6 Å². The molecule has 2 aromatic rings. The van der Waals surface area contributed by atoms with Crippen molar-refractivity contribution in [2.75, 3.05) is 25.4 Å². The predicted octanol–water partition coefficient (Wildman–Crippen LogP) is 1.77. The first-order chi connectivity index (χ1) is 12.4. The van der Waals surface area contributed by atoms with Gasteiger partial charge in [0.25, 0.3) is 0 Å². The number of carbonyl (C=O) groups is 1. The molecule has 0 aliphatic carbocycles. The second-order valence-electron chi connectivity index (χ2n) is 6.40. The van der Waals surface area contributed by atoms with Gasteiger partial charge < -0.3 is 15.7 Å². The van der Waals surface area contributed by atoms with Crippen LogP contribution < -0.4 is 10.6 Å². The van der Waals surface area contributed by atoms with Crippen molar-refractivity contribution in [1.29, 1.82) is 0 Å². The first-order valence-electron chi connectivity index (χ1n) is 8.65. The van der Waals surface area contributed by atoms with Gasteiger partial charge in [-0.25, -0.2) is 17.5 Å². The normalized spacial score (nSPS) is 15.2. The first-order valence-corrected chi connectivity index (χ1v) is 10.3. The van der Waals surface area contributed by atoms with Gasteiger partial charge in [0.2, 0.25) is 10.0 Å². The summed E-state index contributed by atoms with van der Waals surface area (Å²) in [7, 11) is -3.28. The number of rotatable bonds is 6. The second-order valence-corrected chi connectivity index (χ2v) is 8.49. The molecule has 0 radical (unpaired) electrons. The van der Waals surface area contributed by atoms with Gasteiger partial charge in [-0.3, -0.25) is 0 Å². The van der Waals surface area contributed by atoms with Crippen molar-refractivity contribution in [3.05, 3.63) is 42.0 Å². The number of sulfonamides is 1. The molecule has 8 heteroatoms. The number of benzene rings is 2. The van der Waals surface area contributed by atoms with Gasteiger partial charge in [-0.15, -0.1) is 0 Å². The summed E-state index contributed by atoms with van der Waals surface area (Å²) in [6.45, 7) is 1.58. The Balaban J connectivity index is 1.46. The van der Waals surface area contributed by atoms with E-state index in [1.165, 1.54) is 4.31 Å². The molecule has 1 heterocycles. The minimum Gasteiger partial charge on any atom is -0.508 e. The van der Waals surface area contributed by atoms with Crippen molar-refractivity contribution >= 4 is 26.8 Å². The highest BCUT2D eigenvalue weighted by Gasteiger charge is 2.24. The van der Waals surface area contributed by atoms with Crippen LogP contribution in [0, 0.1) is 0 Å². The number of nitrogens with zero attached hydrogens (tertiary/aromatic N) is 1. The fourth-order valence-corrected chi connectivity index (χ4v) is 4.46. The number of phenols is 1. The number of aromatic hydroxyl groups is 1. The van der Waals surface area contributed by atoms with Gasteiger partial charge in [-0.1, -0.05) is 18.2 Å². The van der Waals surface area contributed by atoms with Crippen LogP contribution >= 0.6 is 0 Å². The molecule has 3 rings (SSSR count). The quantitative estimate of drug-likeness (QED) is 0.714. The molecular weight excluding hydrogens is 354 g/mol. The number of phenolic OH excluding ortho intramolecular Hbond substituents is 1. The summed E-state index contributed by atoms with van der Waals surface area (Å²) in [6, 6.07) is 10.4. The maximum absolute atomic E-state index is 12.1. The molecule has 7 nitrogen and oxygen atoms in total. The number of fused-ring (bicyclic) bond motifs is 1. The SMILES string of the molecule is O=C(NCCS(=O)(=O)N1CCCC1)NCc1ccc2cc(O)ccc2c1. The molecule has 3 N–H and O–H groups in total. The summed E-state index contributed by atoms with van der Waals surface area (Å²) in [5.41, 5.74) is 0.919. The van der Waals surface area contributed by atoms with Crippen LogP contribution in [0.4, 0.5) is 4.79 Å². The molecule has 1 saturated heterocycles. The first kappa shape index (κ1) is 18.5. The predicted molar refractivity (Wildman–Crippen MR) is 100 cm³/mol. The van der Waals surface area contributed by atoms with E-state index in [4.69, 9.17) is 0 Å². The Morgan fingerprint density at radius 3 is 2.50 bits per heavy atom. The number of carbonyl (C=O) groups excluding carboxylic acids is 1. The smallest absolute Gasteiger partial charge is 0.315 e. The van der Waals surface area contributed by atoms with Crippen molar-refractivity contribution in [2.24, 2.45) is 0 Å². The molecule has 2 aromatic carbocycles. The fraction of sp³-hybridized carbons (Fsp3) is 0.389.